The van der Waals surface area contributed by atoms with Gasteiger partial charge in [-0.15, -0.1) is 0 Å². The third-order valence-corrected chi connectivity index (χ3v) is 4.64. The largest absolute Gasteiger partial charge is 0.465 e. The second kappa shape index (κ2) is 9.42. The summed E-state index contributed by atoms with van der Waals surface area (Å²) in [4.78, 5) is 26.2. The Morgan fingerprint density at radius 1 is 1.25 bits per heavy atom. The maximum atomic E-state index is 12.2. The van der Waals surface area contributed by atoms with Crippen LogP contribution in [0.5, 0.6) is 0 Å². The number of likely N-dealkylation sites (tertiary alicyclic amines) is 1. The van der Waals surface area contributed by atoms with Gasteiger partial charge >= 0.3 is 5.97 Å². The molecule has 132 valence electrons. The predicted molar refractivity (Wildman–Crippen MR) is 94.2 cm³/mol. The molecule has 1 amide bonds. The zero-order chi connectivity index (χ0) is 17.4. The molecule has 5 heteroatoms. The number of nitrogens with one attached hydrogen (secondary N) is 1. The number of carbonyl (C=O) groups is 2. The van der Waals surface area contributed by atoms with Crippen LogP contribution in [0.2, 0.25) is 0 Å². The second-order valence-corrected chi connectivity index (χ2v) is 6.42. The Balaban J connectivity index is 1.70. The van der Waals surface area contributed by atoms with E-state index in [1.165, 1.54) is 32.9 Å². The number of rotatable bonds is 7. The van der Waals surface area contributed by atoms with Crippen molar-refractivity contribution in [2.45, 2.75) is 45.1 Å². The molecular formula is C19H28N2O3. The van der Waals surface area contributed by atoms with Crippen LogP contribution in [0.4, 0.5) is 0 Å². The SMILES string of the molecule is COC(=O)c1cccc(C(=O)NCCCCN2CCCCC2C)c1. The first kappa shape index (κ1) is 18.5. The van der Waals surface area contributed by atoms with Crippen LogP contribution < -0.4 is 5.32 Å². The van der Waals surface area contributed by atoms with Crippen molar-refractivity contribution in [2.75, 3.05) is 26.7 Å². The molecule has 1 fully saturated rings. The fraction of sp³-hybridized carbons (Fsp3) is 0.579. The average molecular weight is 332 g/mol. The number of hydrogen-bond donors (Lipinski definition) is 1. The highest BCUT2D eigenvalue weighted by Crippen LogP contribution is 2.16. The van der Waals surface area contributed by atoms with Crippen molar-refractivity contribution in [1.82, 2.24) is 10.2 Å². The summed E-state index contributed by atoms with van der Waals surface area (Å²) in [5.74, 6) is -0.576. The predicted octanol–water partition coefficient (Wildman–Crippen LogP) is 2.86. The first-order valence-electron chi connectivity index (χ1n) is 8.82. The highest BCUT2D eigenvalue weighted by Gasteiger charge is 2.17. The van der Waals surface area contributed by atoms with Gasteiger partial charge in [-0.1, -0.05) is 12.5 Å². The molecule has 1 aliphatic rings. The fourth-order valence-electron chi connectivity index (χ4n) is 3.14. The molecule has 0 spiro atoms. The molecule has 1 aliphatic heterocycles. The lowest BCUT2D eigenvalue weighted by Crippen LogP contribution is -2.38. The van der Waals surface area contributed by atoms with Crippen LogP contribution >= 0.6 is 0 Å². The maximum absolute atomic E-state index is 12.2. The Morgan fingerprint density at radius 2 is 2.04 bits per heavy atom. The van der Waals surface area contributed by atoms with E-state index in [9.17, 15) is 9.59 Å². The first-order chi connectivity index (χ1) is 11.6. The molecule has 1 unspecified atom stereocenters. The number of benzene rings is 1. The molecule has 24 heavy (non-hydrogen) atoms. The molecule has 0 bridgehead atoms. The van der Waals surface area contributed by atoms with Gasteiger partial charge in [0.15, 0.2) is 0 Å². The van der Waals surface area contributed by atoms with E-state index in [4.69, 9.17) is 0 Å². The van der Waals surface area contributed by atoms with Gasteiger partial charge in [-0.2, -0.15) is 0 Å². The molecule has 0 aromatic heterocycles. The van der Waals surface area contributed by atoms with E-state index < -0.39 is 5.97 Å². The number of hydrogen-bond acceptors (Lipinski definition) is 4. The van der Waals surface area contributed by atoms with E-state index in [-0.39, 0.29) is 5.91 Å². The topological polar surface area (TPSA) is 58.6 Å². The quantitative estimate of drug-likeness (QED) is 0.616. The number of esters is 1. The number of amides is 1. The molecule has 2 rings (SSSR count). The van der Waals surface area contributed by atoms with Gasteiger partial charge in [0.05, 0.1) is 12.7 Å². The third-order valence-electron chi connectivity index (χ3n) is 4.64. The van der Waals surface area contributed by atoms with Crippen LogP contribution in [0.3, 0.4) is 0 Å². The summed E-state index contributed by atoms with van der Waals surface area (Å²) in [7, 11) is 1.33. The number of unbranched alkanes of at least 4 members (excludes halogenated alkanes) is 1. The Labute approximate surface area is 144 Å². The summed E-state index contributed by atoms with van der Waals surface area (Å²) < 4.78 is 4.68. The van der Waals surface area contributed by atoms with Crippen molar-refractivity contribution in [2.24, 2.45) is 0 Å². The summed E-state index contributed by atoms with van der Waals surface area (Å²) >= 11 is 0. The highest BCUT2D eigenvalue weighted by molar-refractivity contribution is 5.97. The molecule has 1 aromatic rings. The summed E-state index contributed by atoms with van der Waals surface area (Å²) in [6.45, 7) is 5.27. The van der Waals surface area contributed by atoms with Gasteiger partial charge in [0, 0.05) is 18.2 Å². The molecule has 1 heterocycles. The molecule has 1 atom stereocenters. The number of carbonyl (C=O) groups excluding carboxylic acids is 2. The Kier molecular flexibility index (Phi) is 7.25. The standard InChI is InChI=1S/C19H28N2O3/c1-15-8-3-5-12-21(15)13-6-4-11-20-18(22)16-9-7-10-17(14-16)19(23)24-2/h7,9-10,14-15H,3-6,8,11-13H2,1-2H3,(H,20,22). The van der Waals surface area contributed by atoms with E-state index in [0.29, 0.717) is 23.7 Å². The van der Waals surface area contributed by atoms with Crippen LogP contribution in [-0.2, 0) is 4.74 Å². The zero-order valence-electron chi connectivity index (χ0n) is 14.7. The fourth-order valence-corrected chi connectivity index (χ4v) is 3.14. The maximum Gasteiger partial charge on any atom is 0.337 e. The highest BCUT2D eigenvalue weighted by atomic mass is 16.5. The molecule has 0 radical (unpaired) electrons. The van der Waals surface area contributed by atoms with Crippen molar-refractivity contribution in [3.8, 4) is 0 Å². The van der Waals surface area contributed by atoms with Crippen molar-refractivity contribution in [1.29, 1.82) is 0 Å². The summed E-state index contributed by atoms with van der Waals surface area (Å²) in [5, 5.41) is 2.92. The molecular weight excluding hydrogens is 304 g/mol. The van der Waals surface area contributed by atoms with Gasteiger partial charge < -0.3 is 15.0 Å². The van der Waals surface area contributed by atoms with Crippen molar-refractivity contribution in [3.05, 3.63) is 35.4 Å². The number of nitrogens with zero attached hydrogens (tertiary/aromatic N) is 1. The minimum atomic E-state index is -0.430. The molecule has 0 aliphatic carbocycles. The summed E-state index contributed by atoms with van der Waals surface area (Å²) in [5.41, 5.74) is 0.881. The number of piperidine rings is 1. The number of ether oxygens (including phenoxy) is 1. The minimum absolute atomic E-state index is 0.146. The van der Waals surface area contributed by atoms with E-state index in [1.807, 2.05) is 0 Å². The van der Waals surface area contributed by atoms with E-state index >= 15 is 0 Å². The third kappa shape index (κ3) is 5.34. The van der Waals surface area contributed by atoms with Crippen LogP contribution in [0.1, 0.15) is 59.7 Å². The Hall–Kier alpha value is -1.88. The first-order valence-corrected chi connectivity index (χ1v) is 8.82. The molecule has 5 nitrogen and oxygen atoms in total. The minimum Gasteiger partial charge on any atom is -0.465 e. The second-order valence-electron chi connectivity index (χ2n) is 6.42. The van der Waals surface area contributed by atoms with Gasteiger partial charge in [0.2, 0.25) is 0 Å². The smallest absolute Gasteiger partial charge is 0.337 e. The van der Waals surface area contributed by atoms with E-state index in [1.54, 1.807) is 24.3 Å². The zero-order valence-corrected chi connectivity index (χ0v) is 14.7. The van der Waals surface area contributed by atoms with Crippen molar-refractivity contribution < 1.29 is 14.3 Å². The van der Waals surface area contributed by atoms with Crippen LogP contribution in [0.25, 0.3) is 0 Å². The van der Waals surface area contributed by atoms with Crippen LogP contribution in [-0.4, -0.2) is 49.6 Å². The Bertz CT molecular complexity index is 559. The average Bonchev–Trinajstić information content (AvgIpc) is 2.62. The van der Waals surface area contributed by atoms with Crippen molar-refractivity contribution >= 4 is 11.9 Å². The molecule has 1 N–H and O–H groups in total. The Morgan fingerprint density at radius 3 is 2.79 bits per heavy atom. The lowest BCUT2D eigenvalue weighted by Gasteiger charge is -2.33. The monoisotopic (exact) mass is 332 g/mol. The number of methoxy groups -OCH3 is 1. The lowest BCUT2D eigenvalue weighted by atomic mass is 10.0. The summed E-state index contributed by atoms with van der Waals surface area (Å²) in [6, 6.07) is 7.30. The van der Waals surface area contributed by atoms with Gasteiger partial charge in [0.25, 0.3) is 5.91 Å². The van der Waals surface area contributed by atoms with Crippen LogP contribution in [0.15, 0.2) is 24.3 Å². The molecule has 1 aromatic carbocycles. The normalized spacial score (nSPS) is 18.2. The molecule has 0 saturated carbocycles. The van der Waals surface area contributed by atoms with Gasteiger partial charge in [-0.3, -0.25) is 4.79 Å². The van der Waals surface area contributed by atoms with E-state index in [0.717, 1.165) is 19.4 Å². The molecule has 1 saturated heterocycles. The van der Waals surface area contributed by atoms with Gasteiger partial charge in [0.1, 0.15) is 0 Å². The van der Waals surface area contributed by atoms with E-state index in [2.05, 4.69) is 21.9 Å². The van der Waals surface area contributed by atoms with Gasteiger partial charge in [-0.05, 0) is 63.9 Å². The summed E-state index contributed by atoms with van der Waals surface area (Å²) in [6.07, 6.45) is 6.00. The van der Waals surface area contributed by atoms with Gasteiger partial charge in [-0.25, -0.2) is 4.79 Å². The van der Waals surface area contributed by atoms with Crippen LogP contribution in [0, 0.1) is 0 Å². The lowest BCUT2D eigenvalue weighted by molar-refractivity contribution is 0.0600. The van der Waals surface area contributed by atoms with Crippen molar-refractivity contribution in [3.63, 3.8) is 0 Å².